The Bertz CT molecular complexity index is 525. The number of carbonyl (C=O) groups is 1. The largest absolute Gasteiger partial charge is 0.320 e. The van der Waals surface area contributed by atoms with Crippen LogP contribution in [0.25, 0.3) is 4.85 Å². The molecule has 6 fully saturated rings. The van der Waals surface area contributed by atoms with E-state index in [1.54, 1.807) is 0 Å². The second-order valence-electron chi connectivity index (χ2n) is 8.69. The van der Waals surface area contributed by atoms with Crippen molar-refractivity contribution in [3.05, 3.63) is 11.4 Å². The lowest BCUT2D eigenvalue weighted by Gasteiger charge is -2.55. The standard InChI is InChI=1S/C18H25N3O/c1-20-15-8-11-7-14(11)21(15)18(22)17(19)16-12-3-9-2-10(5-12)6-13(16)4-9/h9-17H,2-8,19H2/t9?,10?,11-,12?,13?,14-,15-,16?,17?/m0/s1. The summed E-state index contributed by atoms with van der Waals surface area (Å²) in [5.41, 5.74) is 6.53. The Morgan fingerprint density at radius 3 is 2.23 bits per heavy atom. The SMILES string of the molecule is [C-]#[N+][C@@H]1C[C@@H]2C[C@@H]2N1C(=O)C(N)C1C2CC3CC(C2)CC1C3. The highest BCUT2D eigenvalue weighted by Gasteiger charge is 2.59. The molecule has 2 N–H and O–H groups in total. The molecule has 1 saturated heterocycles. The first-order chi connectivity index (χ1) is 10.7. The van der Waals surface area contributed by atoms with Crippen molar-refractivity contribution in [1.29, 1.82) is 0 Å². The first kappa shape index (κ1) is 13.4. The summed E-state index contributed by atoms with van der Waals surface area (Å²) in [7, 11) is 0. The van der Waals surface area contributed by atoms with Crippen LogP contribution in [0.15, 0.2) is 0 Å². The van der Waals surface area contributed by atoms with E-state index in [9.17, 15) is 4.79 Å². The summed E-state index contributed by atoms with van der Waals surface area (Å²) in [6, 6.07) is -0.00640. The summed E-state index contributed by atoms with van der Waals surface area (Å²) in [5, 5.41) is 0. The number of amides is 1. The van der Waals surface area contributed by atoms with E-state index < -0.39 is 0 Å². The molecule has 1 heterocycles. The fraction of sp³-hybridized carbons (Fsp3) is 0.889. The Hall–Kier alpha value is -1.08. The molecule has 5 aliphatic carbocycles. The van der Waals surface area contributed by atoms with Gasteiger partial charge in [-0.15, -0.1) is 0 Å². The third kappa shape index (κ3) is 1.75. The number of piperidine rings is 1. The van der Waals surface area contributed by atoms with Crippen LogP contribution < -0.4 is 5.73 Å². The average Bonchev–Trinajstić information content (AvgIpc) is 3.16. The number of hydrogen-bond donors (Lipinski definition) is 1. The number of likely N-dealkylation sites (tertiary alicyclic amines) is 1. The van der Waals surface area contributed by atoms with Gasteiger partial charge in [0.2, 0.25) is 5.91 Å². The molecule has 0 radical (unpaired) electrons. The van der Waals surface area contributed by atoms with Gasteiger partial charge in [-0.3, -0.25) is 14.5 Å². The maximum absolute atomic E-state index is 13.0. The minimum atomic E-state index is -0.349. The Balaban J connectivity index is 1.37. The van der Waals surface area contributed by atoms with Crippen LogP contribution in [0, 0.1) is 42.1 Å². The second-order valence-corrected chi connectivity index (χ2v) is 8.69. The molecule has 4 atom stereocenters. The van der Waals surface area contributed by atoms with Gasteiger partial charge < -0.3 is 5.73 Å². The molecule has 1 unspecified atom stereocenters. The highest BCUT2D eigenvalue weighted by Crippen LogP contribution is 2.57. The molecule has 118 valence electrons. The van der Waals surface area contributed by atoms with E-state index in [1.165, 1.54) is 32.1 Å². The molecule has 4 heteroatoms. The van der Waals surface area contributed by atoms with Crippen molar-refractivity contribution in [1.82, 2.24) is 4.90 Å². The zero-order chi connectivity index (χ0) is 15.0. The fourth-order valence-electron chi connectivity index (χ4n) is 6.75. The molecular weight excluding hydrogens is 274 g/mol. The maximum Gasteiger partial charge on any atom is 0.301 e. The third-order valence-electron chi connectivity index (χ3n) is 7.48. The number of fused-ring (bicyclic) bond motifs is 1. The van der Waals surface area contributed by atoms with Gasteiger partial charge in [-0.2, -0.15) is 0 Å². The van der Waals surface area contributed by atoms with Crippen LogP contribution in [0.3, 0.4) is 0 Å². The van der Waals surface area contributed by atoms with Gasteiger partial charge in [-0.1, -0.05) is 0 Å². The van der Waals surface area contributed by atoms with E-state index in [-0.39, 0.29) is 18.1 Å². The Morgan fingerprint density at radius 2 is 1.64 bits per heavy atom. The predicted octanol–water partition coefficient (Wildman–Crippen LogP) is 2.25. The van der Waals surface area contributed by atoms with E-state index in [0.717, 1.165) is 24.7 Å². The van der Waals surface area contributed by atoms with E-state index >= 15 is 0 Å². The zero-order valence-corrected chi connectivity index (χ0v) is 13.0. The van der Waals surface area contributed by atoms with Crippen molar-refractivity contribution in [2.75, 3.05) is 0 Å². The molecule has 6 rings (SSSR count). The Kier molecular flexibility index (Phi) is 2.72. The number of rotatable bonds is 2. The molecule has 4 nitrogen and oxygen atoms in total. The summed E-state index contributed by atoms with van der Waals surface area (Å²) in [5.74, 6) is 4.27. The van der Waals surface area contributed by atoms with Gasteiger partial charge in [0.05, 0.1) is 6.04 Å². The predicted molar refractivity (Wildman–Crippen MR) is 82.3 cm³/mol. The molecule has 22 heavy (non-hydrogen) atoms. The normalized spacial score (nSPS) is 52.3. The van der Waals surface area contributed by atoms with Crippen LogP contribution >= 0.6 is 0 Å². The van der Waals surface area contributed by atoms with Crippen molar-refractivity contribution in [2.24, 2.45) is 41.2 Å². The topological polar surface area (TPSA) is 50.7 Å². The smallest absolute Gasteiger partial charge is 0.301 e. The molecule has 1 amide bonds. The van der Waals surface area contributed by atoms with Crippen LogP contribution in [-0.4, -0.2) is 29.1 Å². The maximum atomic E-state index is 13.0. The van der Waals surface area contributed by atoms with Crippen molar-refractivity contribution >= 4 is 5.91 Å². The first-order valence-corrected chi connectivity index (χ1v) is 9.10. The molecule has 1 aliphatic heterocycles. The van der Waals surface area contributed by atoms with Crippen LogP contribution in [0.5, 0.6) is 0 Å². The van der Waals surface area contributed by atoms with Crippen LogP contribution in [0.1, 0.15) is 44.9 Å². The first-order valence-electron chi connectivity index (χ1n) is 9.10. The zero-order valence-electron chi connectivity index (χ0n) is 13.0. The quantitative estimate of drug-likeness (QED) is 0.795. The van der Waals surface area contributed by atoms with Gasteiger partial charge >= 0.3 is 6.17 Å². The lowest BCUT2D eigenvalue weighted by Crippen LogP contribution is -2.58. The van der Waals surface area contributed by atoms with Crippen LogP contribution in [0.2, 0.25) is 0 Å². The molecule has 6 aliphatic rings. The summed E-state index contributed by atoms with van der Waals surface area (Å²) >= 11 is 0. The summed E-state index contributed by atoms with van der Waals surface area (Å²) in [6.07, 6.45) is 8.40. The van der Waals surface area contributed by atoms with Gasteiger partial charge in [0.15, 0.2) is 0 Å². The van der Waals surface area contributed by atoms with E-state index in [4.69, 9.17) is 12.3 Å². The third-order valence-corrected chi connectivity index (χ3v) is 7.48. The van der Waals surface area contributed by atoms with Crippen molar-refractivity contribution in [2.45, 2.75) is 63.2 Å². The lowest BCUT2D eigenvalue weighted by molar-refractivity contribution is -0.140. The second kappa shape index (κ2) is 4.47. The highest BCUT2D eigenvalue weighted by molar-refractivity contribution is 5.83. The molecule has 0 aromatic rings. The molecule has 0 spiro atoms. The minimum Gasteiger partial charge on any atom is -0.320 e. The monoisotopic (exact) mass is 299 g/mol. The summed E-state index contributed by atoms with van der Waals surface area (Å²) in [6.45, 7) is 7.37. The Morgan fingerprint density at radius 1 is 1.00 bits per heavy atom. The molecule has 4 bridgehead atoms. The number of carbonyl (C=O) groups excluding carboxylic acids is 1. The minimum absolute atomic E-state index is 0.100. The highest BCUT2D eigenvalue weighted by atomic mass is 16.2. The van der Waals surface area contributed by atoms with Gasteiger partial charge in [-0.25, -0.2) is 6.57 Å². The van der Waals surface area contributed by atoms with Crippen molar-refractivity contribution in [3.63, 3.8) is 0 Å². The lowest BCUT2D eigenvalue weighted by atomic mass is 9.50. The average molecular weight is 299 g/mol. The van der Waals surface area contributed by atoms with Gasteiger partial charge in [-0.05, 0) is 74.0 Å². The van der Waals surface area contributed by atoms with Gasteiger partial charge in [0, 0.05) is 12.5 Å². The Labute approximate surface area is 132 Å². The molecule has 5 saturated carbocycles. The van der Waals surface area contributed by atoms with Gasteiger partial charge in [0.1, 0.15) is 0 Å². The number of nitrogens with zero attached hydrogens (tertiary/aromatic N) is 2. The van der Waals surface area contributed by atoms with E-state index in [0.29, 0.717) is 29.7 Å². The van der Waals surface area contributed by atoms with Crippen LogP contribution in [0.4, 0.5) is 0 Å². The van der Waals surface area contributed by atoms with Gasteiger partial charge in [0.25, 0.3) is 0 Å². The summed E-state index contributed by atoms with van der Waals surface area (Å²) < 4.78 is 0. The number of nitrogens with two attached hydrogens (primary N) is 1. The molecule has 0 aromatic carbocycles. The van der Waals surface area contributed by atoms with E-state index in [1.807, 2.05) is 4.90 Å². The van der Waals surface area contributed by atoms with Crippen molar-refractivity contribution in [3.8, 4) is 0 Å². The number of hydrogen-bond acceptors (Lipinski definition) is 2. The molecular formula is C18H25N3O. The van der Waals surface area contributed by atoms with E-state index in [2.05, 4.69) is 4.85 Å². The van der Waals surface area contributed by atoms with Crippen molar-refractivity contribution < 1.29 is 4.79 Å². The van der Waals surface area contributed by atoms with Crippen LogP contribution in [-0.2, 0) is 4.79 Å². The summed E-state index contributed by atoms with van der Waals surface area (Å²) in [4.78, 5) is 18.6. The fourth-order valence-corrected chi connectivity index (χ4v) is 6.75. The molecule has 0 aromatic heterocycles.